The van der Waals surface area contributed by atoms with Crippen molar-refractivity contribution in [2.45, 2.75) is 6.42 Å². The van der Waals surface area contributed by atoms with Crippen LogP contribution in [0.2, 0.25) is 0 Å². The summed E-state index contributed by atoms with van der Waals surface area (Å²) in [5.74, 6) is 1.84. The minimum Gasteiger partial charge on any atom is -0.340 e. The zero-order valence-corrected chi connectivity index (χ0v) is 7.93. The summed E-state index contributed by atoms with van der Waals surface area (Å²) < 4.78 is 4.83. The summed E-state index contributed by atoms with van der Waals surface area (Å²) in [6, 6.07) is 0. The van der Waals surface area contributed by atoms with E-state index in [2.05, 4.69) is 21.7 Å². The SMILES string of the molecule is CSCCNCCc1ncno1. The minimum absolute atomic E-state index is 0.701. The zero-order chi connectivity index (χ0) is 8.65. The van der Waals surface area contributed by atoms with Gasteiger partial charge in [0.05, 0.1) is 0 Å². The Kier molecular flexibility index (Phi) is 4.79. The van der Waals surface area contributed by atoms with Crippen molar-refractivity contribution in [2.75, 3.05) is 25.1 Å². The van der Waals surface area contributed by atoms with Crippen LogP contribution in [-0.4, -0.2) is 35.2 Å². The lowest BCUT2D eigenvalue weighted by Gasteiger charge is -1.99. The average molecular weight is 187 g/mol. The molecule has 0 saturated heterocycles. The van der Waals surface area contributed by atoms with E-state index in [4.69, 9.17) is 4.52 Å². The molecule has 0 aliphatic heterocycles. The molecule has 0 spiro atoms. The summed E-state index contributed by atoms with van der Waals surface area (Å²) in [6.45, 7) is 1.94. The van der Waals surface area contributed by atoms with Crippen LogP contribution in [0.5, 0.6) is 0 Å². The van der Waals surface area contributed by atoms with Crippen LogP contribution in [0.25, 0.3) is 0 Å². The van der Waals surface area contributed by atoms with Crippen LogP contribution in [0, 0.1) is 0 Å². The molecular formula is C7H13N3OS. The molecule has 5 heteroatoms. The molecule has 1 N–H and O–H groups in total. The molecular weight excluding hydrogens is 174 g/mol. The van der Waals surface area contributed by atoms with Crippen molar-refractivity contribution in [1.29, 1.82) is 0 Å². The lowest BCUT2D eigenvalue weighted by Crippen LogP contribution is -2.20. The molecule has 4 nitrogen and oxygen atoms in total. The smallest absolute Gasteiger partial charge is 0.227 e. The minimum atomic E-state index is 0.701. The second-order valence-electron chi connectivity index (χ2n) is 2.33. The highest BCUT2D eigenvalue weighted by molar-refractivity contribution is 7.98. The summed E-state index contributed by atoms with van der Waals surface area (Å²) in [6.07, 6.45) is 4.34. The van der Waals surface area contributed by atoms with Crippen molar-refractivity contribution in [2.24, 2.45) is 0 Å². The molecule has 1 aromatic heterocycles. The number of nitrogens with one attached hydrogen (secondary N) is 1. The highest BCUT2D eigenvalue weighted by Crippen LogP contribution is 1.91. The second-order valence-corrected chi connectivity index (χ2v) is 3.31. The quantitative estimate of drug-likeness (QED) is 0.660. The Hall–Kier alpha value is -0.550. The topological polar surface area (TPSA) is 51.0 Å². The van der Waals surface area contributed by atoms with E-state index in [0.717, 1.165) is 25.3 Å². The van der Waals surface area contributed by atoms with Crippen LogP contribution >= 0.6 is 11.8 Å². The Morgan fingerprint density at radius 3 is 3.17 bits per heavy atom. The van der Waals surface area contributed by atoms with E-state index in [1.54, 1.807) is 0 Å². The second kappa shape index (κ2) is 6.02. The van der Waals surface area contributed by atoms with Crippen LogP contribution < -0.4 is 5.32 Å². The van der Waals surface area contributed by atoms with E-state index in [1.807, 2.05) is 11.8 Å². The first kappa shape index (κ1) is 9.54. The highest BCUT2D eigenvalue weighted by atomic mass is 32.2. The van der Waals surface area contributed by atoms with Gasteiger partial charge in [-0.3, -0.25) is 0 Å². The first-order valence-electron chi connectivity index (χ1n) is 3.88. The Bertz CT molecular complexity index is 191. The van der Waals surface area contributed by atoms with Gasteiger partial charge < -0.3 is 9.84 Å². The molecule has 0 atom stereocenters. The predicted molar refractivity (Wildman–Crippen MR) is 49.3 cm³/mol. The van der Waals surface area contributed by atoms with E-state index in [-0.39, 0.29) is 0 Å². The lowest BCUT2D eigenvalue weighted by atomic mass is 10.4. The van der Waals surface area contributed by atoms with E-state index in [9.17, 15) is 0 Å². The molecule has 1 rings (SSSR count). The Morgan fingerprint density at radius 1 is 1.58 bits per heavy atom. The van der Waals surface area contributed by atoms with Crippen LogP contribution in [-0.2, 0) is 6.42 Å². The van der Waals surface area contributed by atoms with Crippen molar-refractivity contribution >= 4 is 11.8 Å². The molecule has 0 unspecified atom stereocenters. The van der Waals surface area contributed by atoms with Gasteiger partial charge in [0.1, 0.15) is 0 Å². The zero-order valence-electron chi connectivity index (χ0n) is 7.12. The lowest BCUT2D eigenvalue weighted by molar-refractivity contribution is 0.375. The van der Waals surface area contributed by atoms with Crippen molar-refractivity contribution in [3.8, 4) is 0 Å². The van der Waals surface area contributed by atoms with Gasteiger partial charge in [0.25, 0.3) is 0 Å². The maximum Gasteiger partial charge on any atom is 0.227 e. The van der Waals surface area contributed by atoms with E-state index in [0.29, 0.717) is 5.89 Å². The number of rotatable bonds is 6. The molecule has 0 amide bonds. The summed E-state index contributed by atoms with van der Waals surface area (Å²) in [4.78, 5) is 3.91. The molecule has 0 aliphatic rings. The van der Waals surface area contributed by atoms with Gasteiger partial charge >= 0.3 is 0 Å². The number of hydrogen-bond acceptors (Lipinski definition) is 5. The Balaban J connectivity index is 1.96. The van der Waals surface area contributed by atoms with Crippen LogP contribution in [0.1, 0.15) is 5.89 Å². The molecule has 0 aliphatic carbocycles. The third kappa shape index (κ3) is 3.73. The largest absolute Gasteiger partial charge is 0.340 e. The van der Waals surface area contributed by atoms with E-state index >= 15 is 0 Å². The highest BCUT2D eigenvalue weighted by Gasteiger charge is 1.96. The number of thioether (sulfide) groups is 1. The van der Waals surface area contributed by atoms with Crippen molar-refractivity contribution in [1.82, 2.24) is 15.5 Å². The first-order chi connectivity index (χ1) is 5.93. The van der Waals surface area contributed by atoms with Gasteiger partial charge in [-0.2, -0.15) is 16.7 Å². The van der Waals surface area contributed by atoms with Crippen LogP contribution in [0.3, 0.4) is 0 Å². The van der Waals surface area contributed by atoms with Gasteiger partial charge in [-0.1, -0.05) is 5.16 Å². The first-order valence-corrected chi connectivity index (χ1v) is 5.28. The average Bonchev–Trinajstić information content (AvgIpc) is 2.57. The molecule has 0 saturated carbocycles. The molecule has 0 radical (unpaired) electrons. The van der Waals surface area contributed by atoms with Crippen LogP contribution in [0.15, 0.2) is 10.9 Å². The molecule has 0 aromatic carbocycles. The van der Waals surface area contributed by atoms with E-state index < -0.39 is 0 Å². The molecule has 1 heterocycles. The molecule has 1 aromatic rings. The number of aromatic nitrogens is 2. The van der Waals surface area contributed by atoms with Crippen LogP contribution in [0.4, 0.5) is 0 Å². The third-order valence-corrected chi connectivity index (χ3v) is 2.02. The third-order valence-electron chi connectivity index (χ3n) is 1.41. The van der Waals surface area contributed by atoms with E-state index in [1.165, 1.54) is 6.33 Å². The summed E-state index contributed by atoms with van der Waals surface area (Å²) >= 11 is 1.84. The van der Waals surface area contributed by atoms with Crippen molar-refractivity contribution < 1.29 is 4.52 Å². The standard InChI is InChI=1S/C7H13N3OS/c1-12-5-4-8-3-2-7-9-6-10-11-7/h6,8H,2-5H2,1H3. The monoisotopic (exact) mass is 187 g/mol. The van der Waals surface area contributed by atoms with Gasteiger partial charge in [0.2, 0.25) is 5.89 Å². The number of hydrogen-bond donors (Lipinski definition) is 1. The van der Waals surface area contributed by atoms with Gasteiger partial charge in [-0.15, -0.1) is 0 Å². The normalized spacial score (nSPS) is 10.4. The van der Waals surface area contributed by atoms with Gasteiger partial charge in [0, 0.05) is 25.3 Å². The van der Waals surface area contributed by atoms with Gasteiger partial charge in [-0.05, 0) is 6.26 Å². The predicted octanol–water partition coefficient (Wildman–Crippen LogP) is 0.565. The fraction of sp³-hybridized carbons (Fsp3) is 0.714. The Labute approximate surface area is 76.1 Å². The maximum absolute atomic E-state index is 4.83. The molecule has 0 bridgehead atoms. The maximum atomic E-state index is 4.83. The summed E-state index contributed by atoms with van der Waals surface area (Å²) in [5, 5.41) is 6.80. The number of nitrogens with zero attached hydrogens (tertiary/aromatic N) is 2. The van der Waals surface area contributed by atoms with Crippen molar-refractivity contribution in [3.63, 3.8) is 0 Å². The Morgan fingerprint density at radius 2 is 2.50 bits per heavy atom. The summed E-state index contributed by atoms with van der Waals surface area (Å²) in [5.41, 5.74) is 0. The molecule has 12 heavy (non-hydrogen) atoms. The van der Waals surface area contributed by atoms with Crippen molar-refractivity contribution in [3.05, 3.63) is 12.2 Å². The summed E-state index contributed by atoms with van der Waals surface area (Å²) in [7, 11) is 0. The molecule has 0 fully saturated rings. The van der Waals surface area contributed by atoms with Gasteiger partial charge in [-0.25, -0.2) is 0 Å². The molecule has 68 valence electrons. The van der Waals surface area contributed by atoms with Gasteiger partial charge in [0.15, 0.2) is 6.33 Å². The fourth-order valence-corrected chi connectivity index (χ4v) is 1.15. The fourth-order valence-electron chi connectivity index (χ4n) is 0.801.